The SMILES string of the molecule is CC(C)(CSc1cnc(NC(=O)N(CC2CCCC2)c2ccc(F)cc2C(F)(F)F)s1)C(=O)O. The van der Waals surface area contributed by atoms with E-state index in [4.69, 9.17) is 0 Å². The molecule has 1 fully saturated rings. The fourth-order valence-corrected chi connectivity index (χ4v) is 5.51. The van der Waals surface area contributed by atoms with E-state index in [0.717, 1.165) is 54.1 Å². The molecule has 0 aliphatic heterocycles. The van der Waals surface area contributed by atoms with E-state index < -0.39 is 40.7 Å². The van der Waals surface area contributed by atoms with Gasteiger partial charge in [-0.05, 0) is 50.8 Å². The predicted molar refractivity (Wildman–Crippen MR) is 124 cm³/mol. The van der Waals surface area contributed by atoms with Gasteiger partial charge in [0.1, 0.15) is 5.82 Å². The molecule has 1 aromatic heterocycles. The van der Waals surface area contributed by atoms with Crippen molar-refractivity contribution >= 4 is 45.9 Å². The van der Waals surface area contributed by atoms with Gasteiger partial charge in [-0.25, -0.2) is 14.2 Å². The second-order valence-corrected chi connectivity index (χ2v) is 11.1. The van der Waals surface area contributed by atoms with Crippen molar-refractivity contribution < 1.29 is 32.3 Å². The molecule has 2 aromatic rings. The van der Waals surface area contributed by atoms with Gasteiger partial charge >= 0.3 is 18.2 Å². The molecule has 34 heavy (non-hydrogen) atoms. The average Bonchev–Trinajstić information content (AvgIpc) is 3.42. The molecule has 0 atom stereocenters. The molecule has 0 radical (unpaired) electrons. The number of aliphatic carboxylic acids is 1. The monoisotopic (exact) mass is 519 g/mol. The van der Waals surface area contributed by atoms with Crippen LogP contribution >= 0.6 is 23.1 Å². The fraction of sp³-hybridized carbons (Fsp3) is 0.500. The number of benzene rings is 1. The van der Waals surface area contributed by atoms with E-state index in [-0.39, 0.29) is 23.3 Å². The van der Waals surface area contributed by atoms with Gasteiger partial charge in [0.2, 0.25) is 0 Å². The molecule has 12 heteroatoms. The molecule has 1 aromatic carbocycles. The summed E-state index contributed by atoms with van der Waals surface area (Å²) >= 11 is 2.36. The maximum absolute atomic E-state index is 13.7. The molecule has 2 N–H and O–H groups in total. The van der Waals surface area contributed by atoms with E-state index in [9.17, 15) is 32.3 Å². The number of carbonyl (C=O) groups excluding carboxylic acids is 1. The number of nitrogens with zero attached hydrogens (tertiary/aromatic N) is 2. The van der Waals surface area contributed by atoms with Crippen molar-refractivity contribution in [2.24, 2.45) is 11.3 Å². The van der Waals surface area contributed by atoms with E-state index in [1.165, 1.54) is 18.0 Å². The van der Waals surface area contributed by atoms with Gasteiger partial charge in [-0.1, -0.05) is 24.2 Å². The number of carbonyl (C=O) groups is 2. The van der Waals surface area contributed by atoms with Crippen LogP contribution in [-0.2, 0) is 11.0 Å². The second kappa shape index (κ2) is 10.5. The minimum Gasteiger partial charge on any atom is -0.481 e. The van der Waals surface area contributed by atoms with E-state index in [0.29, 0.717) is 10.3 Å². The van der Waals surface area contributed by atoms with Gasteiger partial charge in [0.15, 0.2) is 5.13 Å². The van der Waals surface area contributed by atoms with Gasteiger partial charge in [-0.15, -0.1) is 11.8 Å². The molecule has 186 valence electrons. The number of nitrogens with one attached hydrogen (secondary N) is 1. The van der Waals surface area contributed by atoms with Gasteiger partial charge in [-0.2, -0.15) is 13.2 Å². The topological polar surface area (TPSA) is 82.5 Å². The molecule has 0 spiro atoms. The van der Waals surface area contributed by atoms with Crippen molar-refractivity contribution in [2.75, 3.05) is 22.5 Å². The molecular weight excluding hydrogens is 494 g/mol. The first-order valence-corrected chi connectivity index (χ1v) is 12.4. The summed E-state index contributed by atoms with van der Waals surface area (Å²) < 4.78 is 55.3. The lowest BCUT2D eigenvalue weighted by Gasteiger charge is -2.28. The Morgan fingerprint density at radius 2 is 1.94 bits per heavy atom. The molecule has 0 unspecified atom stereocenters. The highest BCUT2D eigenvalue weighted by atomic mass is 32.2. The molecule has 0 saturated heterocycles. The number of carboxylic acids is 1. The van der Waals surface area contributed by atoms with Crippen molar-refractivity contribution in [3.63, 3.8) is 0 Å². The Morgan fingerprint density at radius 1 is 1.26 bits per heavy atom. The largest absolute Gasteiger partial charge is 0.481 e. The van der Waals surface area contributed by atoms with Crippen molar-refractivity contribution in [1.29, 1.82) is 0 Å². The smallest absolute Gasteiger partial charge is 0.418 e. The number of thiazole rings is 1. The number of anilines is 2. The maximum Gasteiger partial charge on any atom is 0.418 e. The third-order valence-electron chi connectivity index (χ3n) is 5.57. The molecule has 6 nitrogen and oxygen atoms in total. The maximum atomic E-state index is 13.7. The first kappa shape index (κ1) is 26.3. The van der Waals surface area contributed by atoms with Crippen molar-refractivity contribution in [3.05, 3.63) is 35.8 Å². The van der Waals surface area contributed by atoms with Crippen LogP contribution in [0.3, 0.4) is 0 Å². The molecule has 1 aliphatic rings. The Hall–Kier alpha value is -2.34. The van der Waals surface area contributed by atoms with Gasteiger partial charge in [0, 0.05) is 12.3 Å². The number of thioether (sulfide) groups is 1. The lowest BCUT2D eigenvalue weighted by molar-refractivity contribution is -0.145. The fourth-order valence-electron chi connectivity index (χ4n) is 3.57. The molecule has 1 saturated carbocycles. The summed E-state index contributed by atoms with van der Waals surface area (Å²) in [6.45, 7) is 3.25. The minimum atomic E-state index is -4.84. The van der Waals surface area contributed by atoms with Gasteiger partial charge in [0.05, 0.1) is 27.1 Å². The normalized spacial score (nSPS) is 14.9. The zero-order chi connectivity index (χ0) is 25.1. The van der Waals surface area contributed by atoms with Crippen LogP contribution in [0.5, 0.6) is 0 Å². The summed E-state index contributed by atoms with van der Waals surface area (Å²) in [4.78, 5) is 29.5. The molecule has 1 aliphatic carbocycles. The average molecular weight is 520 g/mol. The van der Waals surface area contributed by atoms with Crippen LogP contribution in [-0.4, -0.2) is 34.4 Å². The first-order chi connectivity index (χ1) is 15.9. The summed E-state index contributed by atoms with van der Waals surface area (Å²) in [6, 6.07) is 1.49. The minimum absolute atomic E-state index is 0.0394. The molecule has 3 rings (SSSR count). The highest BCUT2D eigenvalue weighted by molar-refractivity contribution is 8.01. The Bertz CT molecular complexity index is 1040. The van der Waals surface area contributed by atoms with E-state index >= 15 is 0 Å². The molecule has 2 amide bonds. The summed E-state index contributed by atoms with van der Waals surface area (Å²) in [7, 11) is 0. The van der Waals surface area contributed by atoms with Crippen LogP contribution in [0.2, 0.25) is 0 Å². The summed E-state index contributed by atoms with van der Waals surface area (Å²) in [5.74, 6) is -1.67. The number of urea groups is 1. The lowest BCUT2D eigenvalue weighted by Crippen LogP contribution is -2.39. The van der Waals surface area contributed by atoms with Crippen LogP contribution in [0.1, 0.15) is 45.1 Å². The number of carboxylic acid groups (broad SMARTS) is 1. The van der Waals surface area contributed by atoms with Crippen molar-refractivity contribution in [3.8, 4) is 0 Å². The van der Waals surface area contributed by atoms with Crippen LogP contribution in [0.4, 0.5) is 33.2 Å². The number of alkyl halides is 3. The van der Waals surface area contributed by atoms with E-state index in [1.807, 2.05) is 0 Å². The zero-order valence-electron chi connectivity index (χ0n) is 18.6. The Kier molecular flexibility index (Phi) is 8.12. The van der Waals surface area contributed by atoms with Crippen LogP contribution in [0.15, 0.2) is 28.6 Å². The lowest BCUT2D eigenvalue weighted by atomic mass is 9.97. The summed E-state index contributed by atoms with van der Waals surface area (Å²) in [5, 5.41) is 12.0. The van der Waals surface area contributed by atoms with Crippen LogP contribution in [0.25, 0.3) is 0 Å². The number of amides is 2. The van der Waals surface area contributed by atoms with Crippen molar-refractivity contribution in [1.82, 2.24) is 4.98 Å². The van der Waals surface area contributed by atoms with Crippen LogP contribution < -0.4 is 10.2 Å². The Morgan fingerprint density at radius 3 is 2.56 bits per heavy atom. The first-order valence-electron chi connectivity index (χ1n) is 10.6. The molecule has 1 heterocycles. The standard InChI is InChI=1S/C22H25F4N3O3S2/c1-21(2,18(30)31)12-33-17-10-27-19(34-17)28-20(32)29(11-13-5-3-4-6-13)16-8-7-14(23)9-15(16)22(24,25)26/h7-10,13H,3-6,11-12H2,1-2H3,(H,30,31)(H,27,28,32). The number of hydrogen-bond donors (Lipinski definition) is 2. The highest BCUT2D eigenvalue weighted by Gasteiger charge is 2.37. The summed E-state index contributed by atoms with van der Waals surface area (Å²) in [6.07, 6.45) is 0.106. The second-order valence-electron chi connectivity index (χ2n) is 8.81. The number of hydrogen-bond acceptors (Lipinski definition) is 5. The predicted octanol–water partition coefficient (Wildman–Crippen LogP) is 6.73. The van der Waals surface area contributed by atoms with Crippen LogP contribution in [0, 0.1) is 17.2 Å². The third kappa shape index (κ3) is 6.62. The third-order valence-corrected chi connectivity index (χ3v) is 8.13. The number of halogens is 4. The van der Waals surface area contributed by atoms with E-state index in [1.54, 1.807) is 13.8 Å². The number of aromatic nitrogens is 1. The zero-order valence-corrected chi connectivity index (χ0v) is 20.2. The molecular formula is C22H25F4N3O3S2. The Labute approximate surface area is 202 Å². The summed E-state index contributed by atoms with van der Waals surface area (Å²) in [5.41, 5.74) is -2.59. The van der Waals surface area contributed by atoms with Gasteiger partial charge in [0.25, 0.3) is 0 Å². The Balaban J connectivity index is 1.81. The van der Waals surface area contributed by atoms with E-state index in [2.05, 4.69) is 10.3 Å². The quantitative estimate of drug-likeness (QED) is 0.298. The van der Waals surface area contributed by atoms with Gasteiger partial charge < -0.3 is 5.11 Å². The molecule has 0 bridgehead atoms. The van der Waals surface area contributed by atoms with Gasteiger partial charge in [-0.3, -0.25) is 15.0 Å². The van der Waals surface area contributed by atoms with Crippen molar-refractivity contribution in [2.45, 2.75) is 49.9 Å². The number of rotatable bonds is 8. The highest BCUT2D eigenvalue weighted by Crippen LogP contribution is 2.39.